The Bertz CT molecular complexity index is 427. The van der Waals surface area contributed by atoms with Gasteiger partial charge in [-0.15, -0.1) is 0 Å². The molecule has 0 atom stereocenters. The van der Waals surface area contributed by atoms with E-state index in [-0.39, 0.29) is 0 Å². The fourth-order valence-corrected chi connectivity index (χ4v) is 2.18. The summed E-state index contributed by atoms with van der Waals surface area (Å²) in [4.78, 5) is 17.9. The summed E-state index contributed by atoms with van der Waals surface area (Å²) in [5, 5.41) is 9.32. The van der Waals surface area contributed by atoms with E-state index < -0.39 is 5.97 Å². The smallest absolute Gasteiger partial charge is 0.349 e. The molecule has 0 saturated carbocycles. The standard InChI is InChI=1S/C11H15N3O3S/c1-16-7-6-14(5-3-4-12)11-13-8-9(18-11)10(15)17-2/h8H,3,5-7H2,1-2H3. The summed E-state index contributed by atoms with van der Waals surface area (Å²) in [5.74, 6) is -0.397. The minimum absolute atomic E-state index is 0.397. The number of anilines is 1. The molecule has 18 heavy (non-hydrogen) atoms. The molecule has 98 valence electrons. The number of ether oxygens (including phenoxy) is 2. The lowest BCUT2D eigenvalue weighted by Crippen LogP contribution is -2.27. The number of thiazole rings is 1. The predicted octanol–water partition coefficient (Wildman–Crippen LogP) is 1.30. The van der Waals surface area contributed by atoms with Crippen molar-refractivity contribution in [2.75, 3.05) is 38.8 Å². The van der Waals surface area contributed by atoms with E-state index in [0.29, 0.717) is 36.1 Å². The van der Waals surface area contributed by atoms with Crippen LogP contribution in [0.1, 0.15) is 16.1 Å². The molecule has 0 unspecified atom stereocenters. The Morgan fingerprint density at radius 3 is 2.94 bits per heavy atom. The SMILES string of the molecule is COCCN(CCC#N)c1ncc(C(=O)OC)s1. The van der Waals surface area contributed by atoms with Gasteiger partial charge in [0.05, 0.1) is 32.4 Å². The van der Waals surface area contributed by atoms with Crippen molar-refractivity contribution in [3.63, 3.8) is 0 Å². The predicted molar refractivity (Wildman–Crippen MR) is 67.8 cm³/mol. The number of nitriles is 1. The topological polar surface area (TPSA) is 75.5 Å². The zero-order chi connectivity index (χ0) is 13.4. The monoisotopic (exact) mass is 269 g/mol. The molecule has 0 aromatic carbocycles. The summed E-state index contributed by atoms with van der Waals surface area (Å²) in [6.45, 7) is 1.73. The highest BCUT2D eigenvalue weighted by Gasteiger charge is 2.15. The lowest BCUT2D eigenvalue weighted by Gasteiger charge is -2.19. The Labute approximate surface area is 110 Å². The summed E-state index contributed by atoms with van der Waals surface area (Å²) in [6.07, 6.45) is 1.88. The highest BCUT2D eigenvalue weighted by Crippen LogP contribution is 2.23. The van der Waals surface area contributed by atoms with Gasteiger partial charge in [-0.25, -0.2) is 9.78 Å². The van der Waals surface area contributed by atoms with Gasteiger partial charge in [-0.1, -0.05) is 11.3 Å². The largest absolute Gasteiger partial charge is 0.465 e. The molecular weight excluding hydrogens is 254 g/mol. The molecule has 7 heteroatoms. The minimum Gasteiger partial charge on any atom is -0.465 e. The summed E-state index contributed by atoms with van der Waals surface area (Å²) in [5.41, 5.74) is 0. The third-order valence-corrected chi connectivity index (χ3v) is 3.25. The molecule has 0 aliphatic heterocycles. The Balaban J connectivity index is 2.74. The summed E-state index contributed by atoms with van der Waals surface area (Å²) in [7, 11) is 2.95. The first-order chi connectivity index (χ1) is 8.72. The van der Waals surface area contributed by atoms with Gasteiger partial charge < -0.3 is 14.4 Å². The maximum Gasteiger partial charge on any atom is 0.349 e. The van der Waals surface area contributed by atoms with E-state index in [1.165, 1.54) is 24.6 Å². The van der Waals surface area contributed by atoms with E-state index in [4.69, 9.17) is 10.00 Å². The van der Waals surface area contributed by atoms with Gasteiger partial charge in [0.15, 0.2) is 5.13 Å². The lowest BCUT2D eigenvalue weighted by atomic mass is 10.4. The molecule has 1 aromatic rings. The zero-order valence-corrected chi connectivity index (χ0v) is 11.2. The number of hydrogen-bond acceptors (Lipinski definition) is 7. The van der Waals surface area contributed by atoms with Gasteiger partial charge in [-0.3, -0.25) is 0 Å². The summed E-state index contributed by atoms with van der Waals surface area (Å²) >= 11 is 1.25. The van der Waals surface area contributed by atoms with Crippen LogP contribution in [0.4, 0.5) is 5.13 Å². The van der Waals surface area contributed by atoms with Gasteiger partial charge >= 0.3 is 5.97 Å². The second-order valence-electron chi connectivity index (χ2n) is 3.39. The van der Waals surface area contributed by atoms with Crippen molar-refractivity contribution >= 4 is 22.4 Å². The molecule has 6 nitrogen and oxygen atoms in total. The van der Waals surface area contributed by atoms with Crippen LogP contribution in [-0.4, -0.2) is 44.9 Å². The molecule has 0 bridgehead atoms. The van der Waals surface area contributed by atoms with Crippen LogP contribution in [0.15, 0.2) is 6.20 Å². The van der Waals surface area contributed by atoms with Crippen LogP contribution in [0.3, 0.4) is 0 Å². The maximum absolute atomic E-state index is 11.3. The number of hydrogen-bond donors (Lipinski definition) is 0. The van der Waals surface area contributed by atoms with E-state index >= 15 is 0 Å². The Hall–Kier alpha value is -1.65. The molecular formula is C11H15N3O3S. The van der Waals surface area contributed by atoms with E-state index in [1.54, 1.807) is 7.11 Å². The van der Waals surface area contributed by atoms with Crippen LogP contribution in [0.2, 0.25) is 0 Å². The van der Waals surface area contributed by atoms with Gasteiger partial charge in [0.2, 0.25) is 0 Å². The molecule has 0 aliphatic carbocycles. The average molecular weight is 269 g/mol. The van der Waals surface area contributed by atoms with Gasteiger partial charge in [0.1, 0.15) is 4.88 Å². The minimum atomic E-state index is -0.397. The third-order valence-electron chi connectivity index (χ3n) is 2.21. The number of nitrogens with zero attached hydrogens (tertiary/aromatic N) is 3. The summed E-state index contributed by atoms with van der Waals surface area (Å²) < 4.78 is 9.64. The quantitative estimate of drug-likeness (QED) is 0.694. The normalized spacial score (nSPS) is 9.83. The second kappa shape index (κ2) is 7.63. The number of esters is 1. The molecule has 1 heterocycles. The van der Waals surface area contributed by atoms with Crippen LogP contribution in [0.5, 0.6) is 0 Å². The first-order valence-corrected chi connectivity index (χ1v) is 6.19. The molecule has 0 saturated heterocycles. The van der Waals surface area contributed by atoms with Crippen LogP contribution in [0.25, 0.3) is 0 Å². The Morgan fingerprint density at radius 2 is 2.33 bits per heavy atom. The number of rotatable bonds is 7. The number of methoxy groups -OCH3 is 2. The van der Waals surface area contributed by atoms with Crippen LogP contribution >= 0.6 is 11.3 Å². The van der Waals surface area contributed by atoms with Crippen molar-refractivity contribution in [1.29, 1.82) is 5.26 Å². The fourth-order valence-electron chi connectivity index (χ4n) is 1.30. The number of carbonyl (C=O) groups excluding carboxylic acids is 1. The van der Waals surface area contributed by atoms with Crippen LogP contribution in [0, 0.1) is 11.3 Å². The number of carbonyl (C=O) groups is 1. The van der Waals surface area contributed by atoms with Crippen molar-refractivity contribution in [3.05, 3.63) is 11.1 Å². The second-order valence-corrected chi connectivity index (χ2v) is 4.40. The highest BCUT2D eigenvalue weighted by molar-refractivity contribution is 7.17. The average Bonchev–Trinajstić information content (AvgIpc) is 2.87. The molecule has 0 aliphatic rings. The van der Waals surface area contributed by atoms with Gasteiger partial charge in [-0.2, -0.15) is 5.26 Å². The van der Waals surface area contributed by atoms with E-state index in [0.717, 1.165) is 0 Å². The molecule has 0 spiro atoms. The fraction of sp³-hybridized carbons (Fsp3) is 0.545. The summed E-state index contributed by atoms with van der Waals surface area (Å²) in [6, 6.07) is 2.09. The molecule has 1 rings (SSSR count). The van der Waals surface area contributed by atoms with Crippen molar-refractivity contribution in [1.82, 2.24) is 4.98 Å². The number of aromatic nitrogens is 1. The van der Waals surface area contributed by atoms with Crippen molar-refractivity contribution in [2.24, 2.45) is 0 Å². The highest BCUT2D eigenvalue weighted by atomic mass is 32.1. The van der Waals surface area contributed by atoms with E-state index in [2.05, 4.69) is 15.8 Å². The molecule has 0 radical (unpaired) electrons. The zero-order valence-electron chi connectivity index (χ0n) is 10.4. The van der Waals surface area contributed by atoms with E-state index in [9.17, 15) is 4.79 Å². The molecule has 0 fully saturated rings. The van der Waals surface area contributed by atoms with Crippen molar-refractivity contribution in [3.8, 4) is 6.07 Å². The Kier molecular flexibility index (Phi) is 6.11. The van der Waals surface area contributed by atoms with Crippen molar-refractivity contribution < 1.29 is 14.3 Å². The van der Waals surface area contributed by atoms with Crippen molar-refractivity contribution in [2.45, 2.75) is 6.42 Å². The lowest BCUT2D eigenvalue weighted by molar-refractivity contribution is 0.0606. The van der Waals surface area contributed by atoms with Crippen LogP contribution in [-0.2, 0) is 9.47 Å². The third kappa shape index (κ3) is 3.98. The van der Waals surface area contributed by atoms with Gasteiger partial charge in [-0.05, 0) is 0 Å². The first kappa shape index (κ1) is 14.4. The van der Waals surface area contributed by atoms with Gasteiger partial charge in [0.25, 0.3) is 0 Å². The van der Waals surface area contributed by atoms with Gasteiger partial charge in [0, 0.05) is 20.2 Å². The molecule has 0 N–H and O–H groups in total. The van der Waals surface area contributed by atoms with E-state index in [1.807, 2.05) is 4.90 Å². The molecule has 1 aromatic heterocycles. The Morgan fingerprint density at radius 1 is 1.56 bits per heavy atom. The first-order valence-electron chi connectivity index (χ1n) is 5.38. The maximum atomic E-state index is 11.3. The molecule has 0 amide bonds. The van der Waals surface area contributed by atoms with Crippen LogP contribution < -0.4 is 4.90 Å².